The van der Waals surface area contributed by atoms with E-state index in [1.807, 2.05) is 58.0 Å². The molecule has 2 heterocycles. The van der Waals surface area contributed by atoms with Crippen molar-refractivity contribution in [3.63, 3.8) is 0 Å². The molecule has 7 heteroatoms. The van der Waals surface area contributed by atoms with Gasteiger partial charge in [-0.2, -0.15) is 0 Å². The molecule has 32 heavy (non-hydrogen) atoms. The molecule has 0 spiro atoms. The van der Waals surface area contributed by atoms with E-state index in [0.717, 1.165) is 5.56 Å². The Hall–Kier alpha value is -3.58. The van der Waals surface area contributed by atoms with Crippen molar-refractivity contribution >= 4 is 16.9 Å². The summed E-state index contributed by atoms with van der Waals surface area (Å²) in [5, 5.41) is 4.37. The average molecular weight is 438 g/mol. The lowest BCUT2D eigenvalue weighted by atomic mass is 10.1. The first-order valence-corrected chi connectivity index (χ1v) is 10.6. The summed E-state index contributed by atoms with van der Waals surface area (Å²) >= 11 is 0. The van der Waals surface area contributed by atoms with Crippen LogP contribution in [-0.4, -0.2) is 16.1 Å². The highest BCUT2D eigenvalue weighted by Crippen LogP contribution is 2.30. The quantitative estimate of drug-likeness (QED) is 0.390. The van der Waals surface area contributed by atoms with Gasteiger partial charge in [0, 0.05) is 23.6 Å². The van der Waals surface area contributed by atoms with E-state index in [2.05, 4.69) is 10.1 Å². The van der Waals surface area contributed by atoms with Crippen molar-refractivity contribution in [3.05, 3.63) is 77.4 Å². The number of carbonyl (C=O) groups is 1. The van der Waals surface area contributed by atoms with Crippen molar-refractivity contribution in [3.8, 4) is 17.0 Å². The number of ether oxygens (including phenoxy) is 1. The Labute approximate surface area is 187 Å². The monoisotopic (exact) mass is 437 g/mol. The van der Waals surface area contributed by atoms with Crippen molar-refractivity contribution in [1.29, 1.82) is 0 Å². The molecule has 4 aromatic rings. The van der Waals surface area contributed by atoms with Gasteiger partial charge in [0.2, 0.25) is 0 Å². The van der Waals surface area contributed by atoms with Gasteiger partial charge in [0.05, 0.1) is 11.2 Å². The molecule has 0 bridgehead atoms. The number of halogens is 1. The van der Waals surface area contributed by atoms with E-state index in [9.17, 15) is 9.18 Å². The third-order valence-electron chi connectivity index (χ3n) is 4.31. The van der Waals surface area contributed by atoms with E-state index in [1.54, 1.807) is 6.92 Å². The SMILES string of the molecule is CC.CC.Cc1onc(-c2ccccc2)c1C(=O)Oc1cc(CN)nc2ccc(F)cc12. The van der Waals surface area contributed by atoms with E-state index in [4.69, 9.17) is 15.0 Å². The van der Waals surface area contributed by atoms with Crippen molar-refractivity contribution in [1.82, 2.24) is 10.1 Å². The van der Waals surface area contributed by atoms with Crippen LogP contribution in [0.15, 0.2) is 59.1 Å². The highest BCUT2D eigenvalue weighted by atomic mass is 19.1. The number of benzene rings is 2. The molecule has 0 saturated carbocycles. The highest BCUT2D eigenvalue weighted by molar-refractivity contribution is 6.00. The largest absolute Gasteiger partial charge is 0.422 e. The standard InChI is InChI=1S/C21H16FN3O3.2C2H6/c1-12-19(20(25-28-12)13-5-3-2-4-6-13)21(26)27-18-10-15(11-23)24-17-8-7-14(22)9-16(17)18;2*1-2/h2-10H,11,23H2,1H3;2*1-2H3. The predicted octanol–water partition coefficient (Wildman–Crippen LogP) is 6.07. The van der Waals surface area contributed by atoms with Gasteiger partial charge in [-0.15, -0.1) is 0 Å². The first kappa shape index (κ1) is 24.7. The zero-order chi connectivity index (χ0) is 23.7. The third-order valence-corrected chi connectivity index (χ3v) is 4.31. The molecular formula is C25H28FN3O3. The topological polar surface area (TPSA) is 91.2 Å². The number of nitrogens with zero attached hydrogens (tertiary/aromatic N) is 2. The van der Waals surface area contributed by atoms with Crippen LogP contribution in [0.2, 0.25) is 0 Å². The maximum atomic E-state index is 13.7. The summed E-state index contributed by atoms with van der Waals surface area (Å²) in [7, 11) is 0. The summed E-state index contributed by atoms with van der Waals surface area (Å²) in [6, 6.07) is 14.8. The van der Waals surface area contributed by atoms with Crippen LogP contribution < -0.4 is 10.5 Å². The first-order chi connectivity index (χ1) is 15.6. The molecule has 2 aromatic carbocycles. The van der Waals surface area contributed by atoms with Gasteiger partial charge in [0.1, 0.15) is 28.6 Å². The lowest BCUT2D eigenvalue weighted by Crippen LogP contribution is -2.12. The summed E-state index contributed by atoms with van der Waals surface area (Å²) < 4.78 is 24.6. The van der Waals surface area contributed by atoms with Crippen LogP contribution in [0.25, 0.3) is 22.2 Å². The summed E-state index contributed by atoms with van der Waals surface area (Å²) in [6.45, 7) is 9.78. The van der Waals surface area contributed by atoms with Crippen molar-refractivity contribution in [2.75, 3.05) is 0 Å². The number of nitrogens with two attached hydrogens (primary N) is 1. The van der Waals surface area contributed by atoms with Crippen LogP contribution in [0.5, 0.6) is 5.75 Å². The molecule has 0 aliphatic heterocycles. The number of rotatable bonds is 4. The lowest BCUT2D eigenvalue weighted by molar-refractivity contribution is 0.0736. The molecule has 6 nitrogen and oxygen atoms in total. The van der Waals surface area contributed by atoms with Gasteiger partial charge in [-0.25, -0.2) is 9.18 Å². The fraction of sp³-hybridized carbons (Fsp3) is 0.240. The first-order valence-electron chi connectivity index (χ1n) is 10.6. The maximum absolute atomic E-state index is 13.7. The van der Waals surface area contributed by atoms with Gasteiger partial charge in [-0.1, -0.05) is 63.2 Å². The fourth-order valence-corrected chi connectivity index (χ4v) is 2.96. The molecule has 168 valence electrons. The zero-order valence-corrected chi connectivity index (χ0v) is 19.0. The molecular weight excluding hydrogens is 409 g/mol. The minimum Gasteiger partial charge on any atom is -0.422 e. The summed E-state index contributed by atoms with van der Waals surface area (Å²) in [5.74, 6) is -0.613. The summed E-state index contributed by atoms with van der Waals surface area (Å²) in [5.41, 5.74) is 8.00. The maximum Gasteiger partial charge on any atom is 0.349 e. The highest BCUT2D eigenvalue weighted by Gasteiger charge is 2.24. The molecule has 0 radical (unpaired) electrons. The molecule has 2 N–H and O–H groups in total. The number of hydrogen-bond acceptors (Lipinski definition) is 6. The molecule has 0 unspecified atom stereocenters. The summed E-state index contributed by atoms with van der Waals surface area (Å²) in [4.78, 5) is 17.3. The minimum atomic E-state index is -0.655. The third kappa shape index (κ3) is 5.36. The van der Waals surface area contributed by atoms with Gasteiger partial charge in [0.25, 0.3) is 0 Å². The van der Waals surface area contributed by atoms with E-state index in [0.29, 0.717) is 28.1 Å². The van der Waals surface area contributed by atoms with Crippen LogP contribution in [0.4, 0.5) is 4.39 Å². The number of hydrogen-bond donors (Lipinski definition) is 1. The molecule has 2 aromatic heterocycles. The van der Waals surface area contributed by atoms with Gasteiger partial charge in [-0.3, -0.25) is 4.98 Å². The Morgan fingerprint density at radius 1 is 1.06 bits per heavy atom. The van der Waals surface area contributed by atoms with E-state index in [1.165, 1.54) is 24.3 Å². The van der Waals surface area contributed by atoms with E-state index < -0.39 is 11.8 Å². The molecule has 0 atom stereocenters. The normalized spacial score (nSPS) is 9.97. The Morgan fingerprint density at radius 2 is 1.75 bits per heavy atom. The smallest absolute Gasteiger partial charge is 0.349 e. The van der Waals surface area contributed by atoms with Gasteiger partial charge in [-0.05, 0) is 25.1 Å². The average Bonchev–Trinajstić information content (AvgIpc) is 3.23. The van der Waals surface area contributed by atoms with E-state index in [-0.39, 0.29) is 17.9 Å². The second-order valence-corrected chi connectivity index (χ2v) is 6.20. The van der Waals surface area contributed by atoms with Crippen LogP contribution in [0, 0.1) is 12.7 Å². The molecule has 0 aliphatic carbocycles. The van der Waals surface area contributed by atoms with Gasteiger partial charge < -0.3 is 15.0 Å². The fourth-order valence-electron chi connectivity index (χ4n) is 2.96. The second-order valence-electron chi connectivity index (χ2n) is 6.20. The van der Waals surface area contributed by atoms with Crippen molar-refractivity contribution < 1.29 is 18.4 Å². The lowest BCUT2D eigenvalue weighted by Gasteiger charge is -2.10. The van der Waals surface area contributed by atoms with Gasteiger partial charge >= 0.3 is 5.97 Å². The summed E-state index contributed by atoms with van der Waals surface area (Å²) in [6.07, 6.45) is 0. The van der Waals surface area contributed by atoms with Crippen molar-refractivity contribution in [2.24, 2.45) is 5.73 Å². The van der Waals surface area contributed by atoms with Gasteiger partial charge in [0.15, 0.2) is 0 Å². The number of fused-ring (bicyclic) bond motifs is 1. The van der Waals surface area contributed by atoms with Crippen LogP contribution in [0.3, 0.4) is 0 Å². The predicted molar refractivity (Wildman–Crippen MR) is 124 cm³/mol. The van der Waals surface area contributed by atoms with Crippen LogP contribution in [-0.2, 0) is 6.54 Å². The molecule has 0 saturated heterocycles. The number of aromatic nitrogens is 2. The minimum absolute atomic E-state index is 0.152. The Bertz CT molecular complexity index is 1170. The van der Waals surface area contributed by atoms with Crippen molar-refractivity contribution in [2.45, 2.75) is 41.2 Å². The number of esters is 1. The van der Waals surface area contributed by atoms with Crippen LogP contribution in [0.1, 0.15) is 49.5 Å². The second kappa shape index (κ2) is 11.7. The Balaban J connectivity index is 0.000000860. The zero-order valence-electron chi connectivity index (χ0n) is 19.0. The molecule has 0 amide bonds. The number of pyridine rings is 1. The molecule has 4 rings (SSSR count). The number of aryl methyl sites for hydroxylation is 1. The molecule has 0 fully saturated rings. The Morgan fingerprint density at radius 3 is 2.41 bits per heavy atom. The van der Waals surface area contributed by atoms with Crippen LogP contribution >= 0.6 is 0 Å². The van der Waals surface area contributed by atoms with E-state index >= 15 is 0 Å². The number of carbonyl (C=O) groups excluding carboxylic acids is 1. The Kier molecular flexibility index (Phi) is 9.04. The molecule has 0 aliphatic rings.